The molecule has 0 fully saturated rings. The number of anilines is 1. The molecule has 0 aliphatic heterocycles. The van der Waals surface area contributed by atoms with Crippen molar-refractivity contribution in [3.63, 3.8) is 0 Å². The molecule has 0 spiro atoms. The number of carbonyl (C=O) groups is 3. The Morgan fingerprint density at radius 1 is 0.913 bits per heavy atom. The lowest BCUT2D eigenvalue weighted by Gasteiger charge is -2.21. The fourth-order valence-electron chi connectivity index (χ4n) is 2.01. The highest BCUT2D eigenvalue weighted by atomic mass is 16.4. The molecule has 0 unspecified atom stereocenters. The highest BCUT2D eigenvalue weighted by molar-refractivity contribution is 6.02. The number of carbonyl (C=O) groups excluding carboxylic acids is 2. The van der Waals surface area contributed by atoms with Crippen LogP contribution < -0.4 is 10.2 Å². The topological polar surface area (TPSA) is 86.7 Å². The summed E-state index contributed by atoms with van der Waals surface area (Å²) < 4.78 is 0. The van der Waals surface area contributed by atoms with Crippen LogP contribution in [0.5, 0.6) is 0 Å². The average molecular weight is 312 g/mol. The van der Waals surface area contributed by atoms with Gasteiger partial charge in [-0.2, -0.15) is 0 Å². The average Bonchev–Trinajstić information content (AvgIpc) is 2.58. The number of amides is 2. The van der Waals surface area contributed by atoms with Gasteiger partial charge >= 0.3 is 5.97 Å². The van der Waals surface area contributed by atoms with Gasteiger partial charge in [0.15, 0.2) is 0 Å². The molecule has 6 heteroatoms. The van der Waals surface area contributed by atoms with E-state index in [-0.39, 0.29) is 12.5 Å². The highest BCUT2D eigenvalue weighted by Gasteiger charge is 2.19. The first-order valence-electron chi connectivity index (χ1n) is 6.98. The Kier molecular flexibility index (Phi) is 5.46. The molecule has 2 aromatic rings. The van der Waals surface area contributed by atoms with Crippen LogP contribution in [0.3, 0.4) is 0 Å². The molecule has 23 heavy (non-hydrogen) atoms. The Labute approximate surface area is 133 Å². The summed E-state index contributed by atoms with van der Waals surface area (Å²) in [6.07, 6.45) is 0. The van der Waals surface area contributed by atoms with Crippen LogP contribution in [0, 0.1) is 0 Å². The third-order valence-corrected chi connectivity index (χ3v) is 3.10. The summed E-state index contributed by atoms with van der Waals surface area (Å²) in [5.41, 5.74) is 0.902. The summed E-state index contributed by atoms with van der Waals surface area (Å²) in [6.45, 7) is -0.750. The number of para-hydroxylation sites is 1. The molecule has 0 aliphatic rings. The Hall–Kier alpha value is -3.15. The molecule has 0 aromatic heterocycles. The minimum absolute atomic E-state index is 0.282. The SMILES string of the molecule is O=C(O)CN(C(=O)CNC(=O)c1ccccc1)c1ccccc1. The summed E-state index contributed by atoms with van der Waals surface area (Å²) in [6, 6.07) is 16.9. The monoisotopic (exact) mass is 312 g/mol. The minimum Gasteiger partial charge on any atom is -0.480 e. The van der Waals surface area contributed by atoms with Gasteiger partial charge in [-0.05, 0) is 24.3 Å². The van der Waals surface area contributed by atoms with Crippen LogP contribution in [0.1, 0.15) is 10.4 Å². The van der Waals surface area contributed by atoms with Crippen molar-refractivity contribution in [2.45, 2.75) is 0 Å². The third kappa shape index (κ3) is 4.67. The minimum atomic E-state index is -1.13. The van der Waals surface area contributed by atoms with Crippen LogP contribution in [0.15, 0.2) is 60.7 Å². The van der Waals surface area contributed by atoms with Gasteiger partial charge in [-0.1, -0.05) is 36.4 Å². The van der Waals surface area contributed by atoms with Gasteiger partial charge in [-0.3, -0.25) is 19.3 Å². The lowest BCUT2D eigenvalue weighted by molar-refractivity contribution is -0.136. The Bertz CT molecular complexity index is 686. The maximum atomic E-state index is 12.3. The molecular weight excluding hydrogens is 296 g/mol. The van der Waals surface area contributed by atoms with Crippen molar-refractivity contribution >= 4 is 23.5 Å². The van der Waals surface area contributed by atoms with Crippen molar-refractivity contribution in [1.82, 2.24) is 5.32 Å². The Morgan fingerprint density at radius 3 is 2.04 bits per heavy atom. The number of benzene rings is 2. The lowest BCUT2D eigenvalue weighted by Crippen LogP contribution is -2.42. The molecule has 0 saturated heterocycles. The van der Waals surface area contributed by atoms with Gasteiger partial charge < -0.3 is 10.4 Å². The van der Waals surface area contributed by atoms with E-state index in [2.05, 4.69) is 5.32 Å². The van der Waals surface area contributed by atoms with E-state index >= 15 is 0 Å². The maximum absolute atomic E-state index is 12.3. The molecule has 2 rings (SSSR count). The smallest absolute Gasteiger partial charge is 0.323 e. The number of aliphatic carboxylic acids is 1. The predicted octanol–water partition coefficient (Wildman–Crippen LogP) is 1.53. The molecule has 2 aromatic carbocycles. The van der Waals surface area contributed by atoms with E-state index in [4.69, 9.17) is 5.11 Å². The van der Waals surface area contributed by atoms with Crippen LogP contribution in [-0.4, -0.2) is 36.0 Å². The normalized spacial score (nSPS) is 9.91. The molecular formula is C17H16N2O4. The number of nitrogens with one attached hydrogen (secondary N) is 1. The van der Waals surface area contributed by atoms with E-state index in [0.29, 0.717) is 11.3 Å². The molecule has 0 atom stereocenters. The molecule has 0 aliphatic carbocycles. The molecule has 0 radical (unpaired) electrons. The largest absolute Gasteiger partial charge is 0.480 e. The van der Waals surface area contributed by atoms with Gasteiger partial charge in [0.25, 0.3) is 5.91 Å². The maximum Gasteiger partial charge on any atom is 0.323 e. The standard InChI is InChI=1S/C17H16N2O4/c20-15(11-18-17(23)13-7-3-1-4-8-13)19(12-16(21)22)14-9-5-2-6-10-14/h1-10H,11-12H2,(H,18,23)(H,21,22). The number of hydrogen-bond donors (Lipinski definition) is 2. The van der Waals surface area contributed by atoms with Crippen molar-refractivity contribution in [3.05, 3.63) is 66.2 Å². The van der Waals surface area contributed by atoms with Crippen LogP contribution in [0.2, 0.25) is 0 Å². The van der Waals surface area contributed by atoms with Crippen LogP contribution in [0.4, 0.5) is 5.69 Å². The molecule has 0 bridgehead atoms. The summed E-state index contributed by atoms with van der Waals surface area (Å²) in [5.74, 6) is -2.01. The summed E-state index contributed by atoms with van der Waals surface area (Å²) >= 11 is 0. The van der Waals surface area contributed by atoms with Gasteiger partial charge in [0.2, 0.25) is 5.91 Å². The fraction of sp³-hybridized carbons (Fsp3) is 0.118. The summed E-state index contributed by atoms with van der Waals surface area (Å²) in [4.78, 5) is 36.3. The first-order valence-corrected chi connectivity index (χ1v) is 6.98. The van der Waals surface area contributed by atoms with Crippen LogP contribution in [0.25, 0.3) is 0 Å². The number of rotatable bonds is 6. The van der Waals surface area contributed by atoms with Gasteiger partial charge in [-0.15, -0.1) is 0 Å². The van der Waals surface area contributed by atoms with Crippen LogP contribution in [-0.2, 0) is 9.59 Å². The van der Waals surface area contributed by atoms with E-state index in [1.165, 1.54) is 0 Å². The molecule has 0 saturated carbocycles. The van der Waals surface area contributed by atoms with Crippen LogP contribution >= 0.6 is 0 Å². The first-order chi connectivity index (χ1) is 11.1. The molecule has 6 nitrogen and oxygen atoms in total. The van der Waals surface area contributed by atoms with Crippen molar-refractivity contribution in [2.24, 2.45) is 0 Å². The van der Waals surface area contributed by atoms with E-state index in [1.807, 2.05) is 0 Å². The Balaban J connectivity index is 2.03. The van der Waals surface area contributed by atoms with Crippen molar-refractivity contribution in [2.75, 3.05) is 18.0 Å². The zero-order valence-corrected chi connectivity index (χ0v) is 12.3. The molecule has 118 valence electrons. The van der Waals surface area contributed by atoms with E-state index in [0.717, 1.165) is 4.90 Å². The first kappa shape index (κ1) is 16.2. The highest BCUT2D eigenvalue weighted by Crippen LogP contribution is 2.13. The molecule has 2 N–H and O–H groups in total. The predicted molar refractivity (Wildman–Crippen MR) is 85.2 cm³/mol. The fourth-order valence-corrected chi connectivity index (χ4v) is 2.01. The lowest BCUT2D eigenvalue weighted by atomic mass is 10.2. The van der Waals surface area contributed by atoms with Gasteiger partial charge in [-0.25, -0.2) is 0 Å². The zero-order valence-electron chi connectivity index (χ0n) is 12.3. The molecule has 0 heterocycles. The van der Waals surface area contributed by atoms with Crippen molar-refractivity contribution in [1.29, 1.82) is 0 Å². The van der Waals surface area contributed by atoms with Gasteiger partial charge in [0, 0.05) is 11.3 Å². The quantitative estimate of drug-likeness (QED) is 0.847. The summed E-state index contributed by atoms with van der Waals surface area (Å²) in [7, 11) is 0. The second-order valence-corrected chi connectivity index (χ2v) is 4.76. The third-order valence-electron chi connectivity index (χ3n) is 3.10. The van der Waals surface area contributed by atoms with Gasteiger partial charge in [0.05, 0.1) is 6.54 Å². The van der Waals surface area contributed by atoms with Crippen molar-refractivity contribution in [3.8, 4) is 0 Å². The van der Waals surface area contributed by atoms with E-state index < -0.39 is 18.4 Å². The second-order valence-electron chi connectivity index (χ2n) is 4.76. The zero-order chi connectivity index (χ0) is 16.7. The number of carboxylic acids is 1. The number of carboxylic acid groups (broad SMARTS) is 1. The van der Waals surface area contributed by atoms with E-state index in [1.54, 1.807) is 60.7 Å². The number of hydrogen-bond acceptors (Lipinski definition) is 3. The summed E-state index contributed by atoms with van der Waals surface area (Å²) in [5, 5.41) is 11.5. The van der Waals surface area contributed by atoms with Gasteiger partial charge in [0.1, 0.15) is 6.54 Å². The molecule has 2 amide bonds. The van der Waals surface area contributed by atoms with E-state index in [9.17, 15) is 14.4 Å². The Morgan fingerprint density at radius 2 is 1.48 bits per heavy atom. The number of nitrogens with zero attached hydrogens (tertiary/aromatic N) is 1. The second kappa shape index (κ2) is 7.74. The van der Waals surface area contributed by atoms with Crippen molar-refractivity contribution < 1.29 is 19.5 Å².